The quantitative estimate of drug-likeness (QED) is 0.831. The molecule has 0 aliphatic heterocycles. The van der Waals surface area contributed by atoms with E-state index in [0.29, 0.717) is 0 Å². The normalized spacial score (nSPS) is 18.7. The van der Waals surface area contributed by atoms with Crippen LogP contribution in [0.3, 0.4) is 0 Å². The van der Waals surface area contributed by atoms with Gasteiger partial charge in [-0.3, -0.25) is 0 Å². The van der Waals surface area contributed by atoms with Gasteiger partial charge in [0.1, 0.15) is 0 Å². The summed E-state index contributed by atoms with van der Waals surface area (Å²) < 4.78 is 1.29. The monoisotopic (exact) mass is 287 g/mol. The Labute approximate surface area is 92.9 Å². The van der Waals surface area contributed by atoms with Crippen molar-refractivity contribution in [1.82, 2.24) is 0 Å². The highest BCUT2D eigenvalue weighted by atomic mass is 127. The molecule has 0 amide bonds. The van der Waals surface area contributed by atoms with Crippen molar-refractivity contribution in [2.75, 3.05) is 0 Å². The van der Waals surface area contributed by atoms with Gasteiger partial charge in [0.2, 0.25) is 0 Å². The molecule has 1 atom stereocenters. The molecule has 1 aliphatic rings. The Balaban J connectivity index is 2.28. The summed E-state index contributed by atoms with van der Waals surface area (Å²) in [5.74, 6) is 0.749. The van der Waals surface area contributed by atoms with E-state index in [4.69, 9.17) is 5.73 Å². The first-order valence-electron chi connectivity index (χ1n) is 4.70. The predicted molar refractivity (Wildman–Crippen MR) is 63.5 cm³/mol. The fraction of sp³-hybridized carbons (Fsp3) is 0.455. The van der Waals surface area contributed by atoms with Crippen LogP contribution in [0.4, 0.5) is 0 Å². The highest BCUT2D eigenvalue weighted by molar-refractivity contribution is 14.1. The van der Waals surface area contributed by atoms with E-state index in [2.05, 4.69) is 47.7 Å². The molecule has 0 bridgehead atoms. The highest BCUT2D eigenvalue weighted by Crippen LogP contribution is 2.40. The maximum Gasteiger partial charge on any atom is 0.0326 e. The van der Waals surface area contributed by atoms with Gasteiger partial charge in [0, 0.05) is 9.61 Å². The summed E-state index contributed by atoms with van der Waals surface area (Å²) in [5.41, 5.74) is 8.82. The zero-order valence-corrected chi connectivity index (χ0v) is 9.91. The van der Waals surface area contributed by atoms with E-state index in [0.717, 1.165) is 5.92 Å². The lowest BCUT2D eigenvalue weighted by molar-refractivity contribution is 0.629. The number of halogens is 1. The van der Waals surface area contributed by atoms with Crippen LogP contribution >= 0.6 is 22.6 Å². The molecule has 70 valence electrons. The van der Waals surface area contributed by atoms with Crippen LogP contribution in [0, 0.1) is 16.4 Å². The molecule has 1 aromatic carbocycles. The molecule has 1 fully saturated rings. The number of benzene rings is 1. The zero-order valence-electron chi connectivity index (χ0n) is 7.76. The van der Waals surface area contributed by atoms with Gasteiger partial charge in [-0.05, 0) is 71.5 Å². The van der Waals surface area contributed by atoms with Gasteiger partial charge in [0.05, 0.1) is 0 Å². The van der Waals surface area contributed by atoms with Gasteiger partial charge in [-0.1, -0.05) is 6.07 Å². The van der Waals surface area contributed by atoms with Gasteiger partial charge >= 0.3 is 0 Å². The summed E-state index contributed by atoms with van der Waals surface area (Å²) in [5, 5.41) is 0. The minimum atomic E-state index is 0.275. The van der Waals surface area contributed by atoms with Crippen molar-refractivity contribution in [3.05, 3.63) is 32.9 Å². The SMILES string of the molecule is Cc1cc(I)ccc1C(N)C1CC1. The molecule has 1 aliphatic carbocycles. The molecule has 1 nitrogen and oxygen atoms in total. The first-order chi connectivity index (χ1) is 6.18. The lowest BCUT2D eigenvalue weighted by Crippen LogP contribution is -2.13. The fourth-order valence-corrected chi connectivity index (χ4v) is 2.37. The van der Waals surface area contributed by atoms with E-state index >= 15 is 0 Å². The van der Waals surface area contributed by atoms with Gasteiger partial charge in [0.25, 0.3) is 0 Å². The van der Waals surface area contributed by atoms with Gasteiger partial charge in [-0.2, -0.15) is 0 Å². The standard InChI is InChI=1S/C11H14IN/c1-7-6-9(12)4-5-10(7)11(13)8-2-3-8/h4-6,8,11H,2-3,13H2,1H3. The van der Waals surface area contributed by atoms with Crippen molar-refractivity contribution in [2.45, 2.75) is 25.8 Å². The maximum atomic E-state index is 6.15. The lowest BCUT2D eigenvalue weighted by atomic mass is 9.99. The molecule has 1 aromatic rings. The van der Waals surface area contributed by atoms with E-state index in [9.17, 15) is 0 Å². The topological polar surface area (TPSA) is 26.0 Å². The van der Waals surface area contributed by atoms with Gasteiger partial charge < -0.3 is 5.73 Å². The van der Waals surface area contributed by atoms with Gasteiger partial charge in [-0.15, -0.1) is 0 Å². The smallest absolute Gasteiger partial charge is 0.0326 e. The van der Waals surface area contributed by atoms with E-state index in [1.54, 1.807) is 0 Å². The zero-order chi connectivity index (χ0) is 9.42. The summed E-state index contributed by atoms with van der Waals surface area (Å²) in [6.45, 7) is 2.15. The third-order valence-electron chi connectivity index (χ3n) is 2.72. The van der Waals surface area contributed by atoms with Crippen molar-refractivity contribution < 1.29 is 0 Å². The van der Waals surface area contributed by atoms with Gasteiger partial charge in [0.15, 0.2) is 0 Å². The Hall–Kier alpha value is -0.0900. The first kappa shape index (κ1) is 9.46. The Morgan fingerprint density at radius 3 is 2.69 bits per heavy atom. The minimum absolute atomic E-state index is 0.275. The maximum absolute atomic E-state index is 6.15. The average molecular weight is 287 g/mol. The van der Waals surface area contributed by atoms with E-state index < -0.39 is 0 Å². The number of nitrogens with two attached hydrogens (primary N) is 1. The first-order valence-corrected chi connectivity index (χ1v) is 5.78. The van der Waals surface area contributed by atoms with Crippen molar-refractivity contribution in [2.24, 2.45) is 11.7 Å². The molecule has 1 unspecified atom stereocenters. The van der Waals surface area contributed by atoms with Crippen molar-refractivity contribution in [3.8, 4) is 0 Å². The molecule has 0 spiro atoms. The summed E-state index contributed by atoms with van der Waals surface area (Å²) in [6.07, 6.45) is 2.62. The van der Waals surface area contributed by atoms with Crippen molar-refractivity contribution in [3.63, 3.8) is 0 Å². The summed E-state index contributed by atoms with van der Waals surface area (Å²) in [4.78, 5) is 0. The average Bonchev–Trinajstić information content (AvgIpc) is 2.85. The van der Waals surface area contributed by atoms with Crippen molar-refractivity contribution >= 4 is 22.6 Å². The molecule has 0 saturated heterocycles. The summed E-state index contributed by atoms with van der Waals surface area (Å²) >= 11 is 2.34. The van der Waals surface area contributed by atoms with Crippen molar-refractivity contribution in [1.29, 1.82) is 0 Å². The van der Waals surface area contributed by atoms with Crippen LogP contribution in [0.25, 0.3) is 0 Å². The van der Waals surface area contributed by atoms with E-state index in [1.165, 1.54) is 27.5 Å². The number of hydrogen-bond donors (Lipinski definition) is 1. The van der Waals surface area contributed by atoms with Crippen LogP contribution < -0.4 is 5.73 Å². The molecular weight excluding hydrogens is 273 g/mol. The molecule has 0 radical (unpaired) electrons. The second-order valence-corrected chi connectivity index (χ2v) is 5.11. The molecule has 1 saturated carbocycles. The molecule has 2 heteroatoms. The molecule has 2 rings (SSSR count). The number of aryl methyl sites for hydroxylation is 1. The second-order valence-electron chi connectivity index (χ2n) is 3.86. The van der Waals surface area contributed by atoms with E-state index in [1.807, 2.05) is 0 Å². The van der Waals surface area contributed by atoms with Crippen LogP contribution in [0.15, 0.2) is 18.2 Å². The second kappa shape index (κ2) is 3.58. The summed E-state index contributed by atoms with van der Waals surface area (Å²) in [6, 6.07) is 6.81. The Morgan fingerprint density at radius 1 is 1.46 bits per heavy atom. The van der Waals surface area contributed by atoms with Crippen LogP contribution in [0.5, 0.6) is 0 Å². The molecule has 13 heavy (non-hydrogen) atoms. The highest BCUT2D eigenvalue weighted by Gasteiger charge is 2.30. The van der Waals surface area contributed by atoms with Crippen LogP contribution in [0.2, 0.25) is 0 Å². The summed E-state index contributed by atoms with van der Waals surface area (Å²) in [7, 11) is 0. The van der Waals surface area contributed by atoms with Crippen LogP contribution in [-0.4, -0.2) is 0 Å². The predicted octanol–water partition coefficient (Wildman–Crippen LogP) is 3.01. The molecule has 2 N–H and O–H groups in total. The fourth-order valence-electron chi connectivity index (χ4n) is 1.72. The largest absolute Gasteiger partial charge is 0.324 e. The van der Waals surface area contributed by atoms with E-state index in [-0.39, 0.29) is 6.04 Å². The number of rotatable bonds is 2. The Morgan fingerprint density at radius 2 is 2.15 bits per heavy atom. The third kappa shape index (κ3) is 2.05. The Kier molecular flexibility index (Phi) is 2.60. The number of hydrogen-bond acceptors (Lipinski definition) is 1. The molecule has 0 heterocycles. The molecule has 0 aromatic heterocycles. The minimum Gasteiger partial charge on any atom is -0.324 e. The van der Waals surface area contributed by atoms with Crippen LogP contribution in [-0.2, 0) is 0 Å². The lowest BCUT2D eigenvalue weighted by Gasteiger charge is -2.13. The molecular formula is C11H14IN. The third-order valence-corrected chi connectivity index (χ3v) is 3.39. The Bertz CT molecular complexity index is 318. The van der Waals surface area contributed by atoms with Crippen LogP contribution in [0.1, 0.15) is 30.0 Å². The van der Waals surface area contributed by atoms with Gasteiger partial charge in [-0.25, -0.2) is 0 Å².